The van der Waals surface area contributed by atoms with E-state index in [4.69, 9.17) is 4.52 Å². The molecule has 0 aliphatic rings. The third-order valence-corrected chi connectivity index (χ3v) is 3.78. The first-order valence-electron chi connectivity index (χ1n) is 7.95. The van der Waals surface area contributed by atoms with Crippen LogP contribution in [0.1, 0.15) is 17.9 Å². The summed E-state index contributed by atoms with van der Waals surface area (Å²) < 4.78 is 31.6. The van der Waals surface area contributed by atoms with Crippen LogP contribution < -0.4 is 0 Å². The van der Waals surface area contributed by atoms with E-state index in [-0.39, 0.29) is 31.2 Å². The topological polar surface area (TPSA) is 72.1 Å². The van der Waals surface area contributed by atoms with Crippen molar-refractivity contribution in [3.05, 3.63) is 65.7 Å². The second-order valence-electron chi connectivity index (χ2n) is 5.71. The van der Waals surface area contributed by atoms with Gasteiger partial charge in [0, 0.05) is 25.7 Å². The first-order valence-corrected chi connectivity index (χ1v) is 7.95. The Balaban J connectivity index is 1.57. The second-order valence-corrected chi connectivity index (χ2v) is 5.71. The Labute approximate surface area is 148 Å². The van der Waals surface area contributed by atoms with E-state index >= 15 is 0 Å². The molecule has 0 radical (unpaired) electrons. The molecule has 2 heterocycles. The van der Waals surface area contributed by atoms with Crippen molar-refractivity contribution in [2.75, 3.05) is 7.05 Å². The van der Waals surface area contributed by atoms with Crippen molar-refractivity contribution in [2.24, 2.45) is 0 Å². The Hall–Kier alpha value is -3.16. The van der Waals surface area contributed by atoms with Crippen LogP contribution in [-0.2, 0) is 17.8 Å². The summed E-state index contributed by atoms with van der Waals surface area (Å²) in [7, 11) is 1.59. The van der Waals surface area contributed by atoms with E-state index < -0.39 is 11.6 Å². The molecule has 3 rings (SSSR count). The molecule has 0 aliphatic heterocycles. The van der Waals surface area contributed by atoms with Crippen LogP contribution in [0.2, 0.25) is 0 Å². The van der Waals surface area contributed by atoms with E-state index in [0.29, 0.717) is 17.1 Å². The highest BCUT2D eigenvalue weighted by atomic mass is 19.1. The van der Waals surface area contributed by atoms with Gasteiger partial charge in [-0.05, 0) is 30.2 Å². The Kier molecular flexibility index (Phi) is 5.31. The van der Waals surface area contributed by atoms with Gasteiger partial charge in [0.25, 0.3) is 0 Å². The fourth-order valence-electron chi connectivity index (χ4n) is 2.37. The molecule has 0 unspecified atom stereocenters. The molecule has 0 bridgehead atoms. The van der Waals surface area contributed by atoms with Gasteiger partial charge in [-0.3, -0.25) is 9.78 Å². The zero-order valence-electron chi connectivity index (χ0n) is 14.0. The lowest BCUT2D eigenvalue weighted by molar-refractivity contribution is -0.130. The first kappa shape index (κ1) is 17.7. The summed E-state index contributed by atoms with van der Waals surface area (Å²) in [4.78, 5) is 22.0. The molecule has 2 aromatic heterocycles. The highest BCUT2D eigenvalue weighted by Crippen LogP contribution is 2.14. The van der Waals surface area contributed by atoms with Crippen LogP contribution in [-0.4, -0.2) is 33.0 Å². The predicted octanol–water partition coefficient (Wildman–Crippen LogP) is 3.00. The fourth-order valence-corrected chi connectivity index (χ4v) is 2.37. The molecule has 0 spiro atoms. The van der Waals surface area contributed by atoms with Gasteiger partial charge in [-0.25, -0.2) is 8.78 Å². The number of aryl methyl sites for hydroxylation is 1. The van der Waals surface area contributed by atoms with Gasteiger partial charge in [-0.1, -0.05) is 17.3 Å². The summed E-state index contributed by atoms with van der Waals surface area (Å²) in [6.07, 6.45) is 1.88. The van der Waals surface area contributed by atoms with Crippen molar-refractivity contribution in [2.45, 2.75) is 19.4 Å². The Bertz CT molecular complexity index is 899. The average molecular weight is 358 g/mol. The number of aromatic nitrogens is 3. The zero-order valence-corrected chi connectivity index (χ0v) is 14.0. The van der Waals surface area contributed by atoms with E-state index in [0.717, 1.165) is 6.07 Å². The lowest BCUT2D eigenvalue weighted by atomic mass is 10.1. The standard InChI is InChI=1S/C18H16F2N4O2/c1-24(17(25)8-6-12-5-7-13(19)10-14(12)20)11-16-22-18(23-26-16)15-4-2-3-9-21-15/h2-5,7,9-10H,6,8,11H2,1H3. The molecule has 0 saturated heterocycles. The number of rotatable bonds is 6. The maximum absolute atomic E-state index is 13.6. The molecule has 0 N–H and O–H groups in total. The van der Waals surface area contributed by atoms with Crippen LogP contribution in [0.5, 0.6) is 0 Å². The molecule has 1 aromatic carbocycles. The Morgan fingerprint density at radius 2 is 2.08 bits per heavy atom. The van der Waals surface area contributed by atoms with E-state index in [2.05, 4.69) is 15.1 Å². The summed E-state index contributed by atoms with van der Waals surface area (Å²) in [5.74, 6) is -0.900. The van der Waals surface area contributed by atoms with Crippen molar-refractivity contribution in [1.82, 2.24) is 20.0 Å². The summed E-state index contributed by atoms with van der Waals surface area (Å²) in [6, 6.07) is 8.66. The molecule has 1 amide bonds. The maximum Gasteiger partial charge on any atom is 0.246 e. The van der Waals surface area contributed by atoms with Gasteiger partial charge in [0.05, 0.1) is 6.54 Å². The average Bonchev–Trinajstić information content (AvgIpc) is 3.10. The number of nitrogens with zero attached hydrogens (tertiary/aromatic N) is 4. The maximum atomic E-state index is 13.6. The number of carbonyl (C=O) groups is 1. The summed E-state index contributed by atoms with van der Waals surface area (Å²) in [5, 5.41) is 3.84. The lowest BCUT2D eigenvalue weighted by Crippen LogP contribution is -2.26. The number of benzene rings is 1. The van der Waals surface area contributed by atoms with E-state index in [1.54, 1.807) is 25.4 Å². The van der Waals surface area contributed by atoms with Crippen LogP contribution in [0, 0.1) is 11.6 Å². The monoisotopic (exact) mass is 358 g/mol. The van der Waals surface area contributed by atoms with E-state index in [1.807, 2.05) is 6.07 Å². The minimum atomic E-state index is -0.655. The molecular weight excluding hydrogens is 342 g/mol. The summed E-state index contributed by atoms with van der Waals surface area (Å²) in [6.45, 7) is 0.130. The lowest BCUT2D eigenvalue weighted by Gasteiger charge is -2.14. The summed E-state index contributed by atoms with van der Waals surface area (Å²) >= 11 is 0. The molecule has 6 nitrogen and oxygen atoms in total. The fraction of sp³-hybridized carbons (Fsp3) is 0.222. The van der Waals surface area contributed by atoms with Crippen LogP contribution in [0.25, 0.3) is 11.5 Å². The number of hydrogen-bond donors (Lipinski definition) is 0. The molecule has 0 aliphatic carbocycles. The molecule has 0 atom stereocenters. The Morgan fingerprint density at radius 3 is 2.81 bits per heavy atom. The predicted molar refractivity (Wildman–Crippen MR) is 88.7 cm³/mol. The van der Waals surface area contributed by atoms with Crippen LogP contribution >= 0.6 is 0 Å². The van der Waals surface area contributed by atoms with Crippen molar-refractivity contribution < 1.29 is 18.1 Å². The number of pyridine rings is 1. The van der Waals surface area contributed by atoms with Crippen LogP contribution in [0.3, 0.4) is 0 Å². The molecule has 26 heavy (non-hydrogen) atoms. The molecule has 134 valence electrons. The normalized spacial score (nSPS) is 10.7. The van der Waals surface area contributed by atoms with Gasteiger partial charge in [0.1, 0.15) is 17.3 Å². The molecule has 0 fully saturated rings. The van der Waals surface area contributed by atoms with Crippen molar-refractivity contribution >= 4 is 5.91 Å². The van der Waals surface area contributed by atoms with E-state index in [9.17, 15) is 13.6 Å². The molecule has 3 aromatic rings. The Morgan fingerprint density at radius 1 is 1.23 bits per heavy atom. The van der Waals surface area contributed by atoms with Gasteiger partial charge in [0.15, 0.2) is 0 Å². The van der Waals surface area contributed by atoms with E-state index in [1.165, 1.54) is 17.0 Å². The van der Waals surface area contributed by atoms with Crippen molar-refractivity contribution in [3.63, 3.8) is 0 Å². The third-order valence-electron chi connectivity index (χ3n) is 3.78. The summed E-state index contributed by atoms with van der Waals surface area (Å²) in [5.41, 5.74) is 0.867. The zero-order chi connectivity index (χ0) is 18.5. The largest absolute Gasteiger partial charge is 0.337 e. The SMILES string of the molecule is CN(Cc1nc(-c2ccccn2)no1)C(=O)CCc1ccc(F)cc1F. The second kappa shape index (κ2) is 7.81. The number of hydrogen-bond acceptors (Lipinski definition) is 5. The van der Waals surface area contributed by atoms with Crippen LogP contribution in [0.4, 0.5) is 8.78 Å². The number of halogens is 2. The number of carbonyl (C=O) groups excluding carboxylic acids is 1. The van der Waals surface area contributed by atoms with Gasteiger partial charge >= 0.3 is 0 Å². The molecule has 8 heteroatoms. The van der Waals surface area contributed by atoms with Crippen molar-refractivity contribution in [1.29, 1.82) is 0 Å². The van der Waals surface area contributed by atoms with Crippen LogP contribution in [0.15, 0.2) is 47.1 Å². The van der Waals surface area contributed by atoms with Gasteiger partial charge in [-0.15, -0.1) is 0 Å². The highest BCUT2D eigenvalue weighted by Gasteiger charge is 2.16. The molecular formula is C18H16F2N4O2. The smallest absolute Gasteiger partial charge is 0.246 e. The third kappa shape index (κ3) is 4.27. The van der Waals surface area contributed by atoms with Crippen molar-refractivity contribution in [3.8, 4) is 11.5 Å². The quantitative estimate of drug-likeness (QED) is 0.677. The minimum absolute atomic E-state index is 0.0836. The van der Waals surface area contributed by atoms with Gasteiger partial charge < -0.3 is 9.42 Å². The molecule has 0 saturated carbocycles. The van der Waals surface area contributed by atoms with Gasteiger partial charge in [-0.2, -0.15) is 4.98 Å². The highest BCUT2D eigenvalue weighted by molar-refractivity contribution is 5.76. The number of amides is 1. The minimum Gasteiger partial charge on any atom is -0.337 e. The first-order chi connectivity index (χ1) is 12.5. The van der Waals surface area contributed by atoms with Gasteiger partial charge in [0.2, 0.25) is 17.6 Å².